The maximum absolute atomic E-state index is 12.6. The van der Waals surface area contributed by atoms with Crippen molar-refractivity contribution in [2.45, 2.75) is 49.9 Å². The minimum atomic E-state index is -1.32. The molecule has 0 heterocycles. The molecule has 13 nitrogen and oxygen atoms in total. The standard InChI is InChI=1S/C16H27N5O8S2/c17-7(1-4-12(23)24)13(25)19-8(2-3-11(18)22)14(26)20-9(5-30)15(27)21-10(6-31)16(28)29/h7-10,30-31H,1-6,17H2,(H2,18,22)(H,19,25)(H,20,26)(H,21,27)(H,23,24)(H,28,29)/t7-,8-,9-,10-/m0/s1. The Bertz CT molecular complexity index is 693. The van der Waals surface area contributed by atoms with Crippen molar-refractivity contribution in [3.8, 4) is 0 Å². The minimum Gasteiger partial charge on any atom is -0.481 e. The Morgan fingerprint density at radius 2 is 1.23 bits per heavy atom. The number of carboxylic acids is 2. The molecule has 0 aromatic heterocycles. The molecule has 9 N–H and O–H groups in total. The normalized spacial score (nSPS) is 14.4. The van der Waals surface area contributed by atoms with Crippen LogP contribution < -0.4 is 27.4 Å². The monoisotopic (exact) mass is 481 g/mol. The summed E-state index contributed by atoms with van der Waals surface area (Å²) >= 11 is 7.78. The molecule has 0 rings (SSSR count). The van der Waals surface area contributed by atoms with Gasteiger partial charge < -0.3 is 37.6 Å². The van der Waals surface area contributed by atoms with Gasteiger partial charge in [0.2, 0.25) is 23.6 Å². The number of hydrogen-bond acceptors (Lipinski definition) is 9. The predicted octanol–water partition coefficient (Wildman–Crippen LogP) is -3.16. The van der Waals surface area contributed by atoms with Gasteiger partial charge in [0.1, 0.15) is 18.1 Å². The van der Waals surface area contributed by atoms with Gasteiger partial charge in [-0.3, -0.25) is 24.0 Å². The molecule has 0 spiro atoms. The summed E-state index contributed by atoms with van der Waals surface area (Å²) < 4.78 is 0. The molecule has 0 radical (unpaired) electrons. The Morgan fingerprint density at radius 3 is 1.68 bits per heavy atom. The van der Waals surface area contributed by atoms with E-state index in [9.17, 15) is 28.8 Å². The van der Waals surface area contributed by atoms with Gasteiger partial charge in [0.25, 0.3) is 0 Å². The van der Waals surface area contributed by atoms with E-state index < -0.39 is 59.7 Å². The molecule has 0 aliphatic heterocycles. The van der Waals surface area contributed by atoms with Crippen LogP contribution in [-0.2, 0) is 28.8 Å². The molecule has 0 saturated heterocycles. The average Bonchev–Trinajstić information content (AvgIpc) is 2.70. The second kappa shape index (κ2) is 14.5. The molecule has 0 aliphatic rings. The zero-order valence-corrected chi connectivity index (χ0v) is 18.2. The summed E-state index contributed by atoms with van der Waals surface area (Å²) in [5.41, 5.74) is 10.7. The molecule has 4 atom stereocenters. The third-order valence-corrected chi connectivity index (χ3v) is 4.66. The fourth-order valence-electron chi connectivity index (χ4n) is 2.17. The Kier molecular flexibility index (Phi) is 13.3. The molecule has 15 heteroatoms. The number of nitrogens with one attached hydrogen (secondary N) is 3. The lowest BCUT2D eigenvalue weighted by Gasteiger charge is -2.24. The summed E-state index contributed by atoms with van der Waals surface area (Å²) in [6, 6.07) is -5.10. The molecule has 176 valence electrons. The molecule has 4 amide bonds. The second-order valence-electron chi connectivity index (χ2n) is 6.43. The summed E-state index contributed by atoms with van der Waals surface area (Å²) in [5, 5.41) is 24.4. The molecule has 0 aliphatic carbocycles. The van der Waals surface area contributed by atoms with E-state index in [0.717, 1.165) is 0 Å². The van der Waals surface area contributed by atoms with Crippen LogP contribution in [0.2, 0.25) is 0 Å². The smallest absolute Gasteiger partial charge is 0.327 e. The number of nitrogens with two attached hydrogens (primary N) is 2. The number of aliphatic carboxylic acids is 2. The van der Waals surface area contributed by atoms with Crippen LogP contribution in [-0.4, -0.2) is 81.5 Å². The third kappa shape index (κ3) is 11.4. The lowest BCUT2D eigenvalue weighted by Crippen LogP contribution is -2.58. The summed E-state index contributed by atoms with van der Waals surface area (Å²) in [6.45, 7) is 0. The first-order valence-electron chi connectivity index (χ1n) is 9.04. The highest BCUT2D eigenvalue weighted by Gasteiger charge is 2.29. The number of amides is 4. The van der Waals surface area contributed by atoms with E-state index in [2.05, 4.69) is 41.2 Å². The molecule has 0 aromatic carbocycles. The van der Waals surface area contributed by atoms with Crippen molar-refractivity contribution in [3.05, 3.63) is 0 Å². The first-order valence-corrected chi connectivity index (χ1v) is 10.3. The van der Waals surface area contributed by atoms with Gasteiger partial charge in [0.05, 0.1) is 6.04 Å². The zero-order valence-electron chi connectivity index (χ0n) is 16.4. The number of primary amides is 1. The number of carboxylic acid groups (broad SMARTS) is 2. The predicted molar refractivity (Wildman–Crippen MR) is 114 cm³/mol. The van der Waals surface area contributed by atoms with Gasteiger partial charge in [-0.05, 0) is 12.8 Å². The number of carbonyl (C=O) groups excluding carboxylic acids is 4. The molecule has 0 aromatic rings. The molecular formula is C16H27N5O8S2. The quantitative estimate of drug-likeness (QED) is 0.107. The minimum absolute atomic E-state index is 0.187. The molecule has 0 unspecified atom stereocenters. The highest BCUT2D eigenvalue weighted by atomic mass is 32.1. The molecule has 0 bridgehead atoms. The number of carbonyl (C=O) groups is 6. The molecule has 0 saturated carbocycles. The van der Waals surface area contributed by atoms with Crippen LogP contribution in [0.1, 0.15) is 25.7 Å². The van der Waals surface area contributed by atoms with Crippen molar-refractivity contribution in [2.75, 3.05) is 11.5 Å². The summed E-state index contributed by atoms with van der Waals surface area (Å²) in [5.74, 6) is -6.17. The van der Waals surface area contributed by atoms with Crippen LogP contribution >= 0.6 is 25.3 Å². The molecular weight excluding hydrogens is 454 g/mol. The van der Waals surface area contributed by atoms with E-state index >= 15 is 0 Å². The van der Waals surface area contributed by atoms with Gasteiger partial charge >= 0.3 is 11.9 Å². The van der Waals surface area contributed by atoms with Crippen LogP contribution in [0.15, 0.2) is 0 Å². The number of rotatable bonds is 15. The third-order valence-electron chi connectivity index (χ3n) is 3.93. The van der Waals surface area contributed by atoms with E-state index in [4.69, 9.17) is 21.7 Å². The van der Waals surface area contributed by atoms with Gasteiger partial charge in [-0.1, -0.05) is 0 Å². The maximum atomic E-state index is 12.6. The van der Waals surface area contributed by atoms with Gasteiger partial charge in [0, 0.05) is 24.3 Å². The Balaban J connectivity index is 5.21. The van der Waals surface area contributed by atoms with Gasteiger partial charge in [-0.15, -0.1) is 0 Å². The van der Waals surface area contributed by atoms with Crippen LogP contribution in [0, 0.1) is 0 Å². The van der Waals surface area contributed by atoms with Crippen LogP contribution in [0.3, 0.4) is 0 Å². The van der Waals surface area contributed by atoms with Gasteiger partial charge in [-0.2, -0.15) is 25.3 Å². The van der Waals surface area contributed by atoms with E-state index in [0.29, 0.717) is 0 Å². The highest BCUT2D eigenvalue weighted by Crippen LogP contribution is 2.03. The summed E-state index contributed by atoms with van der Waals surface area (Å²) in [4.78, 5) is 69.7. The van der Waals surface area contributed by atoms with E-state index in [-0.39, 0.29) is 37.2 Å². The van der Waals surface area contributed by atoms with Crippen LogP contribution in [0.5, 0.6) is 0 Å². The van der Waals surface area contributed by atoms with Crippen molar-refractivity contribution in [2.24, 2.45) is 11.5 Å². The van der Waals surface area contributed by atoms with Crippen molar-refractivity contribution in [3.63, 3.8) is 0 Å². The van der Waals surface area contributed by atoms with Crippen molar-refractivity contribution < 1.29 is 39.0 Å². The second-order valence-corrected chi connectivity index (χ2v) is 7.16. The maximum Gasteiger partial charge on any atom is 0.327 e. The van der Waals surface area contributed by atoms with Crippen molar-refractivity contribution in [1.82, 2.24) is 16.0 Å². The number of thiol groups is 2. The Labute approximate surface area is 188 Å². The Hall–Kier alpha value is -2.52. The van der Waals surface area contributed by atoms with E-state index in [1.54, 1.807) is 0 Å². The fraction of sp³-hybridized carbons (Fsp3) is 0.625. The lowest BCUT2D eigenvalue weighted by molar-refractivity contribution is -0.141. The highest BCUT2D eigenvalue weighted by molar-refractivity contribution is 7.80. The largest absolute Gasteiger partial charge is 0.481 e. The van der Waals surface area contributed by atoms with E-state index in [1.807, 2.05) is 0 Å². The van der Waals surface area contributed by atoms with Gasteiger partial charge in [0.15, 0.2) is 0 Å². The van der Waals surface area contributed by atoms with Crippen LogP contribution in [0.4, 0.5) is 0 Å². The zero-order chi connectivity index (χ0) is 24.1. The molecule has 31 heavy (non-hydrogen) atoms. The SMILES string of the molecule is NC(=O)CC[C@H](NC(=O)[C@@H](N)CCC(=O)O)C(=O)N[C@@H](CS)C(=O)N[C@@H](CS)C(=O)O. The summed E-state index contributed by atoms with van der Waals surface area (Å²) in [6.07, 6.45) is -1.05. The lowest BCUT2D eigenvalue weighted by atomic mass is 10.1. The summed E-state index contributed by atoms with van der Waals surface area (Å²) in [7, 11) is 0. The first kappa shape index (κ1) is 28.5. The van der Waals surface area contributed by atoms with Gasteiger partial charge in [-0.25, -0.2) is 4.79 Å². The topological polar surface area (TPSA) is 231 Å². The van der Waals surface area contributed by atoms with Crippen molar-refractivity contribution >= 4 is 60.8 Å². The average molecular weight is 482 g/mol. The van der Waals surface area contributed by atoms with E-state index in [1.165, 1.54) is 0 Å². The van der Waals surface area contributed by atoms with Crippen LogP contribution in [0.25, 0.3) is 0 Å². The molecule has 0 fully saturated rings. The first-order chi connectivity index (χ1) is 14.4. The Morgan fingerprint density at radius 1 is 0.742 bits per heavy atom. The fourth-order valence-corrected chi connectivity index (χ4v) is 2.67. The number of hydrogen-bond donors (Lipinski definition) is 9. The van der Waals surface area contributed by atoms with Crippen molar-refractivity contribution in [1.29, 1.82) is 0 Å².